The molecule has 36 heavy (non-hydrogen) atoms. The van der Waals surface area contributed by atoms with Crippen molar-refractivity contribution in [1.29, 1.82) is 5.41 Å². The van der Waals surface area contributed by atoms with Crippen LogP contribution in [0.1, 0.15) is 23.8 Å². The van der Waals surface area contributed by atoms with Crippen LogP contribution in [0.2, 0.25) is 0 Å². The van der Waals surface area contributed by atoms with Crippen molar-refractivity contribution in [2.24, 2.45) is 0 Å². The summed E-state index contributed by atoms with van der Waals surface area (Å²) in [5.41, 5.74) is -0.665. The number of carbonyl (C=O) groups excluding carboxylic acids is 1. The summed E-state index contributed by atoms with van der Waals surface area (Å²) in [6.07, 6.45) is -2.53. The molecule has 0 aliphatic carbocycles. The van der Waals surface area contributed by atoms with E-state index in [-0.39, 0.29) is 34.2 Å². The molecular formula is C23H24F3N3O5S2. The molecule has 0 amide bonds. The monoisotopic (exact) mass is 543 g/mol. The summed E-state index contributed by atoms with van der Waals surface area (Å²) in [6, 6.07) is 7.53. The molecule has 0 unspecified atom stereocenters. The van der Waals surface area contributed by atoms with Crippen LogP contribution in [0.15, 0.2) is 46.8 Å². The molecule has 0 saturated carbocycles. The van der Waals surface area contributed by atoms with E-state index in [1.54, 1.807) is 25.1 Å². The van der Waals surface area contributed by atoms with E-state index < -0.39 is 27.9 Å². The molecule has 3 rings (SSSR count). The third-order valence-corrected chi connectivity index (χ3v) is 8.45. The topological polar surface area (TPSA) is 110 Å². The molecule has 194 valence electrons. The van der Waals surface area contributed by atoms with Crippen molar-refractivity contribution < 1.29 is 35.9 Å². The molecule has 2 aromatic heterocycles. The number of thiophene rings is 1. The Labute approximate surface area is 209 Å². The zero-order valence-corrected chi connectivity index (χ0v) is 21.2. The van der Waals surface area contributed by atoms with Gasteiger partial charge in [0.15, 0.2) is 0 Å². The first kappa shape index (κ1) is 27.3. The molecule has 0 fully saturated rings. The number of halogens is 3. The molecule has 2 heterocycles. The molecule has 0 saturated heterocycles. The molecule has 2 N–H and O–H groups in total. The number of fused-ring (bicyclic) bond motifs is 1. The van der Waals surface area contributed by atoms with E-state index >= 15 is 0 Å². The highest BCUT2D eigenvalue weighted by molar-refractivity contribution is 7.92. The van der Waals surface area contributed by atoms with E-state index in [1.165, 1.54) is 32.5 Å². The average molecular weight is 544 g/mol. The van der Waals surface area contributed by atoms with Gasteiger partial charge in [0.1, 0.15) is 15.7 Å². The van der Waals surface area contributed by atoms with Gasteiger partial charge in [0.25, 0.3) is 10.0 Å². The zero-order chi connectivity index (χ0) is 26.7. The second-order valence-corrected chi connectivity index (χ2v) is 10.6. The number of nitrogens with zero attached hydrogens (tertiary/aromatic N) is 1. The Kier molecular flexibility index (Phi) is 8.14. The Morgan fingerprint density at radius 3 is 2.58 bits per heavy atom. The van der Waals surface area contributed by atoms with Gasteiger partial charge in [0.2, 0.25) is 0 Å². The van der Waals surface area contributed by atoms with Gasteiger partial charge in [-0.05, 0) is 55.3 Å². The van der Waals surface area contributed by atoms with Gasteiger partial charge in [-0.25, -0.2) is 3.97 Å². The van der Waals surface area contributed by atoms with Crippen LogP contribution < -0.4 is 10.1 Å². The average Bonchev–Trinajstić information content (AvgIpc) is 3.46. The molecule has 0 radical (unpaired) electrons. The summed E-state index contributed by atoms with van der Waals surface area (Å²) in [5.74, 6) is 0.0900. The Hall–Kier alpha value is -3.32. The first-order valence-corrected chi connectivity index (χ1v) is 12.9. The first-order valence-electron chi connectivity index (χ1n) is 10.7. The van der Waals surface area contributed by atoms with Crippen LogP contribution in [-0.4, -0.2) is 51.0 Å². The zero-order valence-electron chi connectivity index (χ0n) is 19.6. The molecule has 1 aromatic carbocycles. The van der Waals surface area contributed by atoms with Crippen LogP contribution in [0.5, 0.6) is 5.75 Å². The van der Waals surface area contributed by atoms with E-state index in [4.69, 9.17) is 14.9 Å². The Morgan fingerprint density at radius 2 is 1.97 bits per heavy atom. The second kappa shape index (κ2) is 10.7. The Balaban J connectivity index is 2.05. The quantitative estimate of drug-likeness (QED) is 0.286. The standard InChI is InChI=1S/C23H24F3N3O5S2/c1-4-34-21(30)9-5-14-13-29(18-7-6-15(33-3)11-16(14)18)36(31,32)22-10-8-19(35-22)17(28-2)12-20(27)23(24,25)26/h6-8,10-13,27-28H,4-5,9H2,1-3H3/b17-12-,27-20?. The predicted molar refractivity (Wildman–Crippen MR) is 131 cm³/mol. The van der Waals surface area contributed by atoms with Gasteiger partial charge in [0, 0.05) is 25.1 Å². The SMILES string of the molecule is CCOC(=O)CCc1cn(S(=O)(=O)c2ccc(/C(=C/C(=N)C(F)(F)F)NC)s2)c2ccc(OC)cc12. The molecule has 0 aliphatic heterocycles. The third kappa shape index (κ3) is 5.73. The first-order chi connectivity index (χ1) is 16.9. The molecule has 3 aromatic rings. The van der Waals surface area contributed by atoms with E-state index in [0.29, 0.717) is 28.3 Å². The normalized spacial score (nSPS) is 12.6. The number of methoxy groups -OCH3 is 1. The fourth-order valence-electron chi connectivity index (χ4n) is 3.43. The highest BCUT2D eigenvalue weighted by Gasteiger charge is 2.33. The van der Waals surface area contributed by atoms with E-state index in [0.717, 1.165) is 15.3 Å². The number of ether oxygens (including phenoxy) is 2. The highest BCUT2D eigenvalue weighted by Crippen LogP contribution is 2.33. The number of carbonyl (C=O) groups is 1. The van der Waals surface area contributed by atoms with Crippen molar-refractivity contribution in [1.82, 2.24) is 9.29 Å². The fourth-order valence-corrected chi connectivity index (χ4v) is 6.24. The highest BCUT2D eigenvalue weighted by atomic mass is 32.2. The maximum absolute atomic E-state index is 13.6. The molecule has 13 heteroatoms. The lowest BCUT2D eigenvalue weighted by molar-refractivity contribution is -0.143. The molecule has 0 spiro atoms. The molecule has 0 bridgehead atoms. The minimum Gasteiger partial charge on any atom is -0.497 e. The number of benzene rings is 1. The molecule has 8 nitrogen and oxygen atoms in total. The lowest BCUT2D eigenvalue weighted by atomic mass is 10.1. The van der Waals surface area contributed by atoms with Crippen LogP contribution in [0.4, 0.5) is 13.2 Å². The van der Waals surface area contributed by atoms with Crippen molar-refractivity contribution in [3.63, 3.8) is 0 Å². The summed E-state index contributed by atoms with van der Waals surface area (Å²) in [5, 5.41) is 10.4. The fraction of sp³-hybridized carbons (Fsp3) is 0.304. The number of hydrogen-bond acceptors (Lipinski definition) is 8. The molecular weight excluding hydrogens is 519 g/mol. The van der Waals surface area contributed by atoms with Gasteiger partial charge in [-0.1, -0.05) is 0 Å². The van der Waals surface area contributed by atoms with Gasteiger partial charge < -0.3 is 14.8 Å². The van der Waals surface area contributed by atoms with Crippen molar-refractivity contribution in [2.45, 2.75) is 30.2 Å². The summed E-state index contributed by atoms with van der Waals surface area (Å²) in [4.78, 5) is 12.1. The van der Waals surface area contributed by atoms with Crippen LogP contribution in [0, 0.1) is 5.41 Å². The van der Waals surface area contributed by atoms with Crippen molar-refractivity contribution >= 4 is 49.6 Å². The number of aryl methyl sites for hydroxylation is 1. The minimum atomic E-state index is -4.83. The van der Waals surface area contributed by atoms with Gasteiger partial charge in [0.05, 0.1) is 29.8 Å². The Bertz CT molecular complexity index is 1420. The maximum Gasteiger partial charge on any atom is 0.432 e. The van der Waals surface area contributed by atoms with E-state index in [1.807, 2.05) is 0 Å². The van der Waals surface area contributed by atoms with Crippen LogP contribution in [0.3, 0.4) is 0 Å². The Morgan fingerprint density at radius 1 is 1.25 bits per heavy atom. The van der Waals surface area contributed by atoms with Crippen molar-refractivity contribution in [3.8, 4) is 5.75 Å². The van der Waals surface area contributed by atoms with Gasteiger partial charge in [-0.15, -0.1) is 11.3 Å². The van der Waals surface area contributed by atoms with Crippen LogP contribution in [-0.2, 0) is 26.0 Å². The van der Waals surface area contributed by atoms with Crippen LogP contribution >= 0.6 is 11.3 Å². The lowest BCUT2D eigenvalue weighted by Crippen LogP contribution is -2.21. The van der Waals surface area contributed by atoms with Gasteiger partial charge >= 0.3 is 12.1 Å². The number of aromatic nitrogens is 1. The van der Waals surface area contributed by atoms with E-state index in [9.17, 15) is 26.4 Å². The largest absolute Gasteiger partial charge is 0.497 e. The number of hydrogen-bond donors (Lipinski definition) is 2. The maximum atomic E-state index is 13.6. The number of alkyl halides is 3. The second-order valence-electron chi connectivity index (χ2n) is 7.48. The smallest absolute Gasteiger partial charge is 0.432 e. The van der Waals surface area contributed by atoms with Gasteiger partial charge in [-0.2, -0.15) is 21.6 Å². The number of rotatable bonds is 10. The van der Waals surface area contributed by atoms with Gasteiger partial charge in [-0.3, -0.25) is 10.2 Å². The molecule has 0 aliphatic rings. The van der Waals surface area contributed by atoms with Crippen LogP contribution in [0.25, 0.3) is 16.6 Å². The number of allylic oxidation sites excluding steroid dienone is 1. The third-order valence-electron chi connectivity index (χ3n) is 5.19. The summed E-state index contributed by atoms with van der Waals surface area (Å²) < 4.78 is 76.7. The van der Waals surface area contributed by atoms with Crippen molar-refractivity contribution in [2.75, 3.05) is 20.8 Å². The predicted octanol–water partition coefficient (Wildman–Crippen LogP) is 4.59. The lowest BCUT2D eigenvalue weighted by Gasteiger charge is -2.08. The van der Waals surface area contributed by atoms with Crippen molar-refractivity contribution in [3.05, 3.63) is 53.0 Å². The number of nitrogens with one attached hydrogen (secondary N) is 2. The summed E-state index contributed by atoms with van der Waals surface area (Å²) in [6.45, 7) is 1.92. The molecule has 0 atom stereocenters. The van der Waals surface area contributed by atoms with E-state index in [2.05, 4.69) is 5.32 Å². The summed E-state index contributed by atoms with van der Waals surface area (Å²) in [7, 11) is -1.28. The number of esters is 1. The minimum absolute atomic E-state index is 0.0407. The summed E-state index contributed by atoms with van der Waals surface area (Å²) >= 11 is 0.768.